The van der Waals surface area contributed by atoms with Crippen LogP contribution in [0.2, 0.25) is 0 Å². The molecule has 1 aromatic heterocycles. The first-order valence-corrected chi connectivity index (χ1v) is 7.85. The summed E-state index contributed by atoms with van der Waals surface area (Å²) in [6, 6.07) is 4.31. The standard InChI is InChI=1S/C13H20BrNOS/c1-15(9-12-6-7-13(14)17-12)8-10-2-4-11(16)5-3-10/h6-7,10-11,16H,2-5,8-9H2,1H3. The van der Waals surface area contributed by atoms with E-state index in [4.69, 9.17) is 0 Å². The van der Waals surface area contributed by atoms with Crippen LogP contribution in [-0.2, 0) is 6.54 Å². The molecule has 0 amide bonds. The maximum atomic E-state index is 9.48. The fourth-order valence-corrected chi connectivity index (χ4v) is 4.10. The third-order valence-corrected chi connectivity index (χ3v) is 5.05. The van der Waals surface area contributed by atoms with Crippen LogP contribution in [0.4, 0.5) is 0 Å². The van der Waals surface area contributed by atoms with E-state index in [1.807, 2.05) is 11.3 Å². The molecule has 96 valence electrons. The van der Waals surface area contributed by atoms with E-state index in [0.29, 0.717) is 0 Å². The van der Waals surface area contributed by atoms with E-state index in [1.165, 1.54) is 21.5 Å². The van der Waals surface area contributed by atoms with Crippen LogP contribution in [0.15, 0.2) is 15.9 Å². The third-order valence-electron chi connectivity index (χ3n) is 3.44. The molecule has 1 heterocycles. The molecule has 1 saturated carbocycles. The highest BCUT2D eigenvalue weighted by molar-refractivity contribution is 9.11. The maximum Gasteiger partial charge on any atom is 0.0701 e. The average Bonchev–Trinajstić information content (AvgIpc) is 2.67. The molecular weight excluding hydrogens is 298 g/mol. The number of rotatable bonds is 4. The van der Waals surface area contributed by atoms with Gasteiger partial charge in [0.25, 0.3) is 0 Å². The lowest BCUT2D eigenvalue weighted by molar-refractivity contribution is 0.0969. The molecule has 17 heavy (non-hydrogen) atoms. The van der Waals surface area contributed by atoms with Crippen LogP contribution in [0.1, 0.15) is 30.6 Å². The predicted octanol–water partition coefficient (Wildman–Crippen LogP) is 3.49. The van der Waals surface area contributed by atoms with Crippen LogP contribution in [-0.4, -0.2) is 29.7 Å². The molecule has 1 N–H and O–H groups in total. The van der Waals surface area contributed by atoms with E-state index >= 15 is 0 Å². The number of hydrogen-bond donors (Lipinski definition) is 1. The lowest BCUT2D eigenvalue weighted by Gasteiger charge is -2.29. The minimum absolute atomic E-state index is 0.0372. The van der Waals surface area contributed by atoms with Crippen molar-refractivity contribution < 1.29 is 5.11 Å². The van der Waals surface area contributed by atoms with E-state index < -0.39 is 0 Å². The quantitative estimate of drug-likeness (QED) is 0.918. The molecule has 0 radical (unpaired) electrons. The second-order valence-corrected chi connectivity index (χ2v) is 7.62. The number of aliphatic hydroxyl groups is 1. The molecule has 0 aromatic carbocycles. The van der Waals surface area contributed by atoms with Gasteiger partial charge in [0.1, 0.15) is 0 Å². The molecule has 1 aliphatic rings. The van der Waals surface area contributed by atoms with Crippen molar-refractivity contribution in [3.8, 4) is 0 Å². The van der Waals surface area contributed by atoms with Gasteiger partial charge < -0.3 is 10.0 Å². The molecule has 1 fully saturated rings. The van der Waals surface area contributed by atoms with Crippen LogP contribution >= 0.6 is 27.3 Å². The van der Waals surface area contributed by atoms with Crippen LogP contribution in [0.5, 0.6) is 0 Å². The molecule has 2 nitrogen and oxygen atoms in total. The molecule has 2 rings (SSSR count). The van der Waals surface area contributed by atoms with Gasteiger partial charge in [-0.3, -0.25) is 0 Å². The Morgan fingerprint density at radius 3 is 2.65 bits per heavy atom. The highest BCUT2D eigenvalue weighted by Crippen LogP contribution is 2.26. The van der Waals surface area contributed by atoms with Crippen molar-refractivity contribution in [2.75, 3.05) is 13.6 Å². The molecule has 0 spiro atoms. The number of nitrogens with zero attached hydrogens (tertiary/aromatic N) is 1. The summed E-state index contributed by atoms with van der Waals surface area (Å²) in [5.41, 5.74) is 0. The Labute approximate surface area is 116 Å². The summed E-state index contributed by atoms with van der Waals surface area (Å²) in [6.07, 6.45) is 4.30. The lowest BCUT2D eigenvalue weighted by atomic mass is 9.87. The first kappa shape index (κ1) is 13.5. The number of halogens is 1. The minimum Gasteiger partial charge on any atom is -0.393 e. The molecule has 0 bridgehead atoms. The minimum atomic E-state index is -0.0372. The van der Waals surface area contributed by atoms with E-state index in [0.717, 1.165) is 31.8 Å². The Kier molecular flexibility index (Phi) is 5.03. The van der Waals surface area contributed by atoms with Gasteiger partial charge in [0.15, 0.2) is 0 Å². The number of hydrogen-bond acceptors (Lipinski definition) is 3. The fraction of sp³-hybridized carbons (Fsp3) is 0.692. The first-order chi connectivity index (χ1) is 8.13. The molecule has 1 aromatic rings. The lowest BCUT2D eigenvalue weighted by Crippen LogP contribution is -2.29. The first-order valence-electron chi connectivity index (χ1n) is 6.24. The second kappa shape index (κ2) is 6.32. The van der Waals surface area contributed by atoms with E-state index in [-0.39, 0.29) is 6.10 Å². The fourth-order valence-electron chi connectivity index (χ4n) is 2.54. The summed E-state index contributed by atoms with van der Waals surface area (Å²) in [4.78, 5) is 3.82. The molecule has 0 saturated heterocycles. The summed E-state index contributed by atoms with van der Waals surface area (Å²) in [5.74, 6) is 0.770. The normalized spacial score (nSPS) is 25.4. The highest BCUT2D eigenvalue weighted by Gasteiger charge is 2.20. The van der Waals surface area contributed by atoms with Gasteiger partial charge in [0, 0.05) is 18.0 Å². The van der Waals surface area contributed by atoms with Crippen molar-refractivity contribution >= 4 is 27.3 Å². The van der Waals surface area contributed by atoms with E-state index in [9.17, 15) is 5.11 Å². The van der Waals surface area contributed by atoms with Crippen molar-refractivity contribution in [1.82, 2.24) is 4.90 Å². The molecule has 0 unspecified atom stereocenters. The third kappa shape index (κ3) is 4.36. The molecule has 4 heteroatoms. The Morgan fingerprint density at radius 2 is 2.06 bits per heavy atom. The van der Waals surface area contributed by atoms with E-state index in [2.05, 4.69) is 40.0 Å². The van der Waals surface area contributed by atoms with Gasteiger partial charge in [-0.15, -0.1) is 11.3 Å². The SMILES string of the molecule is CN(Cc1ccc(Br)s1)CC1CCC(O)CC1. The summed E-state index contributed by atoms with van der Waals surface area (Å²) in [7, 11) is 2.19. The second-order valence-electron chi connectivity index (χ2n) is 5.08. The smallest absolute Gasteiger partial charge is 0.0701 e. The highest BCUT2D eigenvalue weighted by atomic mass is 79.9. The van der Waals surface area contributed by atoms with Gasteiger partial charge in [-0.1, -0.05) is 0 Å². The molecule has 1 aliphatic carbocycles. The van der Waals surface area contributed by atoms with Crippen molar-refractivity contribution in [3.05, 3.63) is 20.8 Å². The van der Waals surface area contributed by atoms with Gasteiger partial charge in [0.05, 0.1) is 9.89 Å². The van der Waals surface area contributed by atoms with Gasteiger partial charge in [-0.25, -0.2) is 0 Å². The zero-order valence-electron chi connectivity index (χ0n) is 10.2. The van der Waals surface area contributed by atoms with Crippen molar-refractivity contribution in [3.63, 3.8) is 0 Å². The molecular formula is C13H20BrNOS. The summed E-state index contributed by atoms with van der Waals surface area (Å²) in [6.45, 7) is 2.19. The largest absolute Gasteiger partial charge is 0.393 e. The monoisotopic (exact) mass is 317 g/mol. The number of thiophene rings is 1. The molecule has 0 atom stereocenters. The number of aliphatic hydroxyl groups excluding tert-OH is 1. The van der Waals surface area contributed by atoms with Gasteiger partial charge in [-0.05, 0) is 66.7 Å². The van der Waals surface area contributed by atoms with Crippen LogP contribution in [0.25, 0.3) is 0 Å². The summed E-state index contributed by atoms with van der Waals surface area (Å²) >= 11 is 5.31. The van der Waals surface area contributed by atoms with Crippen LogP contribution in [0, 0.1) is 5.92 Å². The van der Waals surface area contributed by atoms with Gasteiger partial charge in [0.2, 0.25) is 0 Å². The Morgan fingerprint density at radius 1 is 1.35 bits per heavy atom. The Hall–Kier alpha value is 0.1000. The predicted molar refractivity (Wildman–Crippen MR) is 76.3 cm³/mol. The maximum absolute atomic E-state index is 9.48. The average molecular weight is 318 g/mol. The van der Waals surface area contributed by atoms with Crippen LogP contribution in [0.3, 0.4) is 0 Å². The molecule has 0 aliphatic heterocycles. The Bertz CT molecular complexity index is 347. The zero-order valence-corrected chi connectivity index (χ0v) is 12.6. The van der Waals surface area contributed by atoms with Crippen molar-refractivity contribution in [2.24, 2.45) is 5.92 Å². The topological polar surface area (TPSA) is 23.5 Å². The zero-order chi connectivity index (χ0) is 12.3. The van der Waals surface area contributed by atoms with Crippen molar-refractivity contribution in [1.29, 1.82) is 0 Å². The van der Waals surface area contributed by atoms with Crippen molar-refractivity contribution in [2.45, 2.75) is 38.3 Å². The van der Waals surface area contributed by atoms with Gasteiger partial charge in [-0.2, -0.15) is 0 Å². The van der Waals surface area contributed by atoms with Gasteiger partial charge >= 0.3 is 0 Å². The summed E-state index contributed by atoms with van der Waals surface area (Å²) in [5, 5.41) is 9.48. The Balaban J connectivity index is 1.75. The van der Waals surface area contributed by atoms with E-state index in [1.54, 1.807) is 0 Å². The summed E-state index contributed by atoms with van der Waals surface area (Å²) < 4.78 is 1.21. The van der Waals surface area contributed by atoms with Crippen LogP contribution < -0.4 is 0 Å².